The lowest BCUT2D eigenvalue weighted by Crippen LogP contribution is -1.94. The third-order valence-electron chi connectivity index (χ3n) is 1.19. The zero-order valence-electron chi connectivity index (χ0n) is 6.73. The van der Waals surface area contributed by atoms with Gasteiger partial charge < -0.3 is 4.74 Å². The Morgan fingerprint density at radius 1 is 1.50 bits per heavy atom. The van der Waals surface area contributed by atoms with Gasteiger partial charge in [-0.3, -0.25) is 0 Å². The lowest BCUT2D eigenvalue weighted by molar-refractivity contribution is 0.136. The maximum atomic E-state index is 5.28. The average molecular weight is 140 g/mol. The maximum Gasteiger partial charge on any atom is 0.0506 e. The van der Waals surface area contributed by atoms with E-state index in [1.54, 1.807) is 0 Å². The molecule has 0 amide bonds. The minimum Gasteiger partial charge on any atom is -0.381 e. The second-order valence-electron chi connectivity index (χ2n) is 2.16. The van der Waals surface area contributed by atoms with Crippen molar-refractivity contribution in [3.8, 4) is 0 Å². The molecule has 0 N–H and O–H groups in total. The highest BCUT2D eigenvalue weighted by Crippen LogP contribution is 1.89. The summed E-state index contributed by atoms with van der Waals surface area (Å²) in [6, 6.07) is 0. The molecule has 0 saturated heterocycles. The number of hydrogen-bond donors (Lipinski definition) is 0. The quantitative estimate of drug-likeness (QED) is 0.407. The Labute approximate surface area is 63.4 Å². The first-order valence-electron chi connectivity index (χ1n) is 3.83. The molecule has 0 aliphatic heterocycles. The van der Waals surface area contributed by atoms with Gasteiger partial charge in [0.2, 0.25) is 0 Å². The molecule has 0 bridgehead atoms. The van der Waals surface area contributed by atoms with E-state index in [0.717, 1.165) is 26.1 Å². The molecule has 0 atom stereocenters. The van der Waals surface area contributed by atoms with E-state index in [4.69, 9.17) is 4.74 Å². The molecule has 0 heterocycles. The van der Waals surface area contributed by atoms with Gasteiger partial charge in [-0.2, -0.15) is 0 Å². The molecule has 0 fully saturated rings. The molecule has 0 radical (unpaired) electrons. The van der Waals surface area contributed by atoms with Crippen LogP contribution in [0.2, 0.25) is 0 Å². The summed E-state index contributed by atoms with van der Waals surface area (Å²) in [5.41, 5.74) is 2.70. The summed E-state index contributed by atoms with van der Waals surface area (Å²) < 4.78 is 5.28. The van der Waals surface area contributed by atoms with Crippen molar-refractivity contribution in [3.05, 3.63) is 18.4 Å². The molecule has 0 spiro atoms. The molecule has 0 unspecified atom stereocenters. The highest BCUT2D eigenvalue weighted by molar-refractivity contribution is 4.74. The van der Waals surface area contributed by atoms with Crippen molar-refractivity contribution < 1.29 is 4.74 Å². The van der Waals surface area contributed by atoms with E-state index in [9.17, 15) is 0 Å². The van der Waals surface area contributed by atoms with Gasteiger partial charge in [-0.15, -0.1) is 5.73 Å². The number of ether oxygens (including phenoxy) is 1. The average Bonchev–Trinajstić information content (AvgIpc) is 1.97. The van der Waals surface area contributed by atoms with Crippen molar-refractivity contribution in [2.24, 2.45) is 0 Å². The molecular weight excluding hydrogens is 124 g/mol. The van der Waals surface area contributed by atoms with Crippen LogP contribution in [0.1, 0.15) is 26.2 Å². The zero-order valence-corrected chi connectivity index (χ0v) is 6.73. The Morgan fingerprint density at radius 3 is 2.90 bits per heavy atom. The molecule has 1 heteroatoms. The molecule has 58 valence electrons. The summed E-state index contributed by atoms with van der Waals surface area (Å²) in [7, 11) is 0. The predicted molar refractivity (Wildman–Crippen MR) is 44.1 cm³/mol. The van der Waals surface area contributed by atoms with Gasteiger partial charge in [-0.25, -0.2) is 0 Å². The minimum atomic E-state index is 0.808. The van der Waals surface area contributed by atoms with Crippen molar-refractivity contribution in [1.29, 1.82) is 0 Å². The van der Waals surface area contributed by atoms with E-state index < -0.39 is 0 Å². The van der Waals surface area contributed by atoms with Gasteiger partial charge in [0.25, 0.3) is 0 Å². The highest BCUT2D eigenvalue weighted by atomic mass is 16.5. The van der Waals surface area contributed by atoms with Crippen LogP contribution in [0.3, 0.4) is 0 Å². The van der Waals surface area contributed by atoms with Crippen LogP contribution in [0.4, 0.5) is 0 Å². The summed E-state index contributed by atoms with van der Waals surface area (Å²) in [6.07, 6.45) is 5.20. The molecule has 0 aromatic heterocycles. The molecule has 0 aromatic rings. The molecule has 0 rings (SSSR count). The SMILES string of the molecule is C=C=CCCOCCCC. The Balaban J connectivity index is 2.83. The van der Waals surface area contributed by atoms with Crippen molar-refractivity contribution >= 4 is 0 Å². The second-order valence-corrected chi connectivity index (χ2v) is 2.16. The fraction of sp³-hybridized carbons (Fsp3) is 0.667. The van der Waals surface area contributed by atoms with Crippen LogP contribution in [0.25, 0.3) is 0 Å². The van der Waals surface area contributed by atoms with Gasteiger partial charge in [0.05, 0.1) is 6.61 Å². The monoisotopic (exact) mass is 140 g/mol. The summed E-state index contributed by atoms with van der Waals surface area (Å²) in [5.74, 6) is 0. The van der Waals surface area contributed by atoms with E-state index in [1.165, 1.54) is 6.42 Å². The maximum absolute atomic E-state index is 5.28. The topological polar surface area (TPSA) is 9.23 Å². The first kappa shape index (κ1) is 9.48. The first-order chi connectivity index (χ1) is 4.91. The zero-order chi connectivity index (χ0) is 7.66. The second kappa shape index (κ2) is 8.48. The smallest absolute Gasteiger partial charge is 0.0506 e. The third-order valence-corrected chi connectivity index (χ3v) is 1.19. The van der Waals surface area contributed by atoms with E-state index in [0.29, 0.717) is 0 Å². The van der Waals surface area contributed by atoms with Crippen LogP contribution in [-0.4, -0.2) is 13.2 Å². The van der Waals surface area contributed by atoms with E-state index in [2.05, 4.69) is 19.2 Å². The van der Waals surface area contributed by atoms with Crippen molar-refractivity contribution in [2.75, 3.05) is 13.2 Å². The van der Waals surface area contributed by atoms with Crippen LogP contribution in [0, 0.1) is 0 Å². The summed E-state index contributed by atoms with van der Waals surface area (Å²) in [5, 5.41) is 0. The van der Waals surface area contributed by atoms with Gasteiger partial charge in [0.15, 0.2) is 0 Å². The minimum absolute atomic E-state index is 0.808. The molecule has 0 aliphatic carbocycles. The molecule has 0 aromatic carbocycles. The summed E-state index contributed by atoms with van der Waals surface area (Å²) in [4.78, 5) is 0. The van der Waals surface area contributed by atoms with Gasteiger partial charge in [0, 0.05) is 6.61 Å². The van der Waals surface area contributed by atoms with Crippen molar-refractivity contribution in [1.82, 2.24) is 0 Å². The van der Waals surface area contributed by atoms with Gasteiger partial charge >= 0.3 is 0 Å². The first-order valence-corrected chi connectivity index (χ1v) is 3.83. The summed E-state index contributed by atoms with van der Waals surface area (Å²) >= 11 is 0. The van der Waals surface area contributed by atoms with Crippen LogP contribution in [-0.2, 0) is 4.74 Å². The molecule has 10 heavy (non-hydrogen) atoms. The van der Waals surface area contributed by atoms with Crippen LogP contribution >= 0.6 is 0 Å². The fourth-order valence-electron chi connectivity index (χ4n) is 0.593. The molecule has 0 saturated carbocycles. The normalized spacial score (nSPS) is 8.90. The largest absolute Gasteiger partial charge is 0.381 e. The number of unbranched alkanes of at least 4 members (excludes halogenated alkanes) is 1. The van der Waals surface area contributed by atoms with Crippen molar-refractivity contribution in [2.45, 2.75) is 26.2 Å². The van der Waals surface area contributed by atoms with Gasteiger partial charge in [0.1, 0.15) is 0 Å². The molecule has 0 aliphatic rings. The standard InChI is InChI=1S/C9H16O/c1-3-5-7-9-10-8-6-4-2/h5H,1,4,6-9H2,2H3. The number of hydrogen-bond acceptors (Lipinski definition) is 1. The fourth-order valence-corrected chi connectivity index (χ4v) is 0.593. The van der Waals surface area contributed by atoms with E-state index in [-0.39, 0.29) is 0 Å². The predicted octanol–water partition coefficient (Wildman–Crippen LogP) is 2.53. The molecular formula is C9H16O. The Kier molecular flexibility index (Phi) is 8.04. The van der Waals surface area contributed by atoms with Gasteiger partial charge in [-0.1, -0.05) is 19.9 Å². The van der Waals surface area contributed by atoms with Crippen molar-refractivity contribution in [3.63, 3.8) is 0 Å². The van der Waals surface area contributed by atoms with Crippen LogP contribution < -0.4 is 0 Å². The Hall–Kier alpha value is -0.520. The summed E-state index contributed by atoms with van der Waals surface area (Å²) in [6.45, 7) is 7.32. The van der Waals surface area contributed by atoms with Crippen LogP contribution in [0.15, 0.2) is 18.4 Å². The Morgan fingerprint density at radius 2 is 2.30 bits per heavy atom. The Bertz CT molecular complexity index is 101. The van der Waals surface area contributed by atoms with Crippen LogP contribution in [0.5, 0.6) is 0 Å². The lowest BCUT2D eigenvalue weighted by Gasteiger charge is -1.98. The number of rotatable bonds is 6. The van der Waals surface area contributed by atoms with Gasteiger partial charge in [-0.05, 0) is 18.9 Å². The highest BCUT2D eigenvalue weighted by Gasteiger charge is 1.83. The molecule has 1 nitrogen and oxygen atoms in total. The van der Waals surface area contributed by atoms with E-state index in [1.807, 2.05) is 6.08 Å². The van der Waals surface area contributed by atoms with E-state index >= 15 is 0 Å². The third kappa shape index (κ3) is 7.48. The lowest BCUT2D eigenvalue weighted by atomic mass is 10.4.